The summed E-state index contributed by atoms with van der Waals surface area (Å²) in [5.74, 6) is -0.170. The fourth-order valence-corrected chi connectivity index (χ4v) is 5.46. The molecule has 2 aliphatic rings. The van der Waals surface area contributed by atoms with Crippen molar-refractivity contribution in [1.29, 1.82) is 0 Å². The second kappa shape index (κ2) is 12.7. The van der Waals surface area contributed by atoms with Crippen LogP contribution in [0.15, 0.2) is 42.5 Å². The third-order valence-corrected chi connectivity index (χ3v) is 7.79. The quantitative estimate of drug-likeness (QED) is 0.320. The number of carbonyl (C=O) groups is 1. The number of benzene rings is 2. The Kier molecular flexibility index (Phi) is 9.94. The van der Waals surface area contributed by atoms with Crippen molar-refractivity contribution < 1.29 is 22.9 Å². The number of hydrogen-bond donors (Lipinski definition) is 1. The number of alkyl halides is 3. The lowest BCUT2D eigenvalue weighted by Gasteiger charge is -2.37. The predicted octanol–water partition coefficient (Wildman–Crippen LogP) is 6.02. The summed E-state index contributed by atoms with van der Waals surface area (Å²) in [5, 5.41) is 14.0. The second-order valence-corrected chi connectivity index (χ2v) is 11.9. The van der Waals surface area contributed by atoms with E-state index < -0.39 is 22.4 Å². The highest BCUT2D eigenvalue weighted by Gasteiger charge is 2.39. The number of rotatable bonds is 7. The first-order chi connectivity index (χ1) is 18.7. The largest absolute Gasteiger partial charge is 0.423 e. The Morgan fingerprint density at radius 1 is 1.05 bits per heavy atom. The van der Waals surface area contributed by atoms with E-state index in [2.05, 4.69) is 60.2 Å². The van der Waals surface area contributed by atoms with E-state index in [0.717, 1.165) is 38.3 Å². The van der Waals surface area contributed by atoms with Crippen LogP contribution in [-0.2, 0) is 16.4 Å². The molecule has 0 aliphatic carbocycles. The SMILES string of the molecule is C.CC(CN1CCN(c2ccc(C(C)(C)C)cc2)CC1)C(=O)N1CC[C@@H](Nc2ccc([N+](=O)[O-])c(C(F)(F)F)c2)C1. The maximum absolute atomic E-state index is 13.3. The van der Waals surface area contributed by atoms with Crippen LogP contribution in [0.3, 0.4) is 0 Å². The molecule has 2 aromatic carbocycles. The summed E-state index contributed by atoms with van der Waals surface area (Å²) < 4.78 is 40.0. The van der Waals surface area contributed by atoms with Crippen molar-refractivity contribution >= 4 is 23.0 Å². The van der Waals surface area contributed by atoms with Crippen LogP contribution in [0.5, 0.6) is 0 Å². The minimum atomic E-state index is -4.84. The van der Waals surface area contributed by atoms with E-state index in [0.29, 0.717) is 26.1 Å². The van der Waals surface area contributed by atoms with E-state index in [1.807, 2.05) is 6.92 Å². The third-order valence-electron chi connectivity index (χ3n) is 7.79. The standard InChI is InChI=1S/C29H38F3N5O3.CH4/c1-20(18-34-13-15-35(16-14-34)24-8-5-21(6-9-24)28(2,3)4)27(38)36-12-11-23(19-36)33-22-7-10-26(37(39)40)25(17-22)29(30,31)32;/h5-10,17,20,23,33H,11-16,18-19H2,1-4H3;1H4/t20?,23-;/m1./s1. The monoisotopic (exact) mass is 577 g/mol. The normalized spacial score (nSPS) is 19.0. The molecule has 2 aromatic rings. The van der Waals surface area contributed by atoms with Crippen molar-refractivity contribution in [2.45, 2.75) is 59.2 Å². The molecule has 2 atom stereocenters. The van der Waals surface area contributed by atoms with Crippen LogP contribution in [0.25, 0.3) is 0 Å². The predicted molar refractivity (Wildman–Crippen MR) is 156 cm³/mol. The smallest absolute Gasteiger partial charge is 0.380 e. The highest BCUT2D eigenvalue weighted by atomic mass is 19.4. The van der Waals surface area contributed by atoms with Crippen molar-refractivity contribution in [2.75, 3.05) is 56.0 Å². The lowest BCUT2D eigenvalue weighted by molar-refractivity contribution is -0.388. The molecule has 1 amide bonds. The first-order valence-electron chi connectivity index (χ1n) is 13.7. The third kappa shape index (κ3) is 7.90. The number of nitro groups is 1. The number of hydrogen-bond acceptors (Lipinski definition) is 6. The van der Waals surface area contributed by atoms with Crippen molar-refractivity contribution in [2.24, 2.45) is 5.92 Å². The van der Waals surface area contributed by atoms with Crippen LogP contribution < -0.4 is 10.2 Å². The maximum atomic E-state index is 13.3. The van der Waals surface area contributed by atoms with Gasteiger partial charge in [-0.3, -0.25) is 19.8 Å². The number of nitrogens with one attached hydrogen (secondary N) is 1. The molecule has 0 bridgehead atoms. The van der Waals surface area contributed by atoms with Gasteiger partial charge in [0.25, 0.3) is 5.69 Å². The van der Waals surface area contributed by atoms with E-state index in [9.17, 15) is 28.1 Å². The molecule has 11 heteroatoms. The highest BCUT2D eigenvalue weighted by molar-refractivity contribution is 5.79. The van der Waals surface area contributed by atoms with Gasteiger partial charge in [0.2, 0.25) is 5.91 Å². The summed E-state index contributed by atoms with van der Waals surface area (Å²) in [5.41, 5.74) is 0.518. The fraction of sp³-hybridized carbons (Fsp3) is 0.567. The molecular weight excluding hydrogens is 535 g/mol. The first kappa shape index (κ1) is 32.2. The molecule has 2 heterocycles. The number of carbonyl (C=O) groups excluding carboxylic acids is 1. The zero-order chi connectivity index (χ0) is 29.2. The van der Waals surface area contributed by atoms with E-state index in [1.165, 1.54) is 17.3 Å². The van der Waals surface area contributed by atoms with Gasteiger partial charge in [-0.25, -0.2) is 0 Å². The summed E-state index contributed by atoms with van der Waals surface area (Å²) >= 11 is 0. The maximum Gasteiger partial charge on any atom is 0.423 e. The number of amides is 1. The molecule has 0 aromatic heterocycles. The molecule has 2 aliphatic heterocycles. The lowest BCUT2D eigenvalue weighted by atomic mass is 9.87. The van der Waals surface area contributed by atoms with Gasteiger partial charge in [0.1, 0.15) is 5.56 Å². The summed E-state index contributed by atoms with van der Waals surface area (Å²) in [7, 11) is 0. The molecular formula is C30H42F3N5O3. The van der Waals surface area contributed by atoms with Crippen LogP contribution in [0.1, 0.15) is 52.7 Å². The fourth-order valence-electron chi connectivity index (χ4n) is 5.46. The van der Waals surface area contributed by atoms with Gasteiger partial charge in [0, 0.05) is 75.2 Å². The van der Waals surface area contributed by atoms with Gasteiger partial charge in [-0.1, -0.05) is 47.3 Å². The molecule has 1 N–H and O–H groups in total. The topological polar surface area (TPSA) is 82.0 Å². The zero-order valence-corrected chi connectivity index (χ0v) is 23.5. The second-order valence-electron chi connectivity index (χ2n) is 11.9. The molecule has 0 radical (unpaired) electrons. The van der Waals surface area contributed by atoms with Gasteiger partial charge in [-0.2, -0.15) is 13.2 Å². The molecule has 4 rings (SSSR count). The van der Waals surface area contributed by atoms with Crippen LogP contribution in [-0.4, -0.2) is 72.5 Å². The van der Waals surface area contributed by atoms with Crippen molar-refractivity contribution in [3.05, 3.63) is 63.7 Å². The number of halogens is 3. The molecule has 41 heavy (non-hydrogen) atoms. The molecule has 0 saturated carbocycles. The Balaban J connectivity index is 0.00000462. The summed E-state index contributed by atoms with van der Waals surface area (Å²) in [6, 6.07) is 11.4. The Hall–Kier alpha value is -3.34. The van der Waals surface area contributed by atoms with Gasteiger partial charge in [-0.15, -0.1) is 0 Å². The number of nitro benzene ring substituents is 1. The summed E-state index contributed by atoms with van der Waals surface area (Å²) in [4.78, 5) is 29.6. The molecule has 8 nitrogen and oxygen atoms in total. The van der Waals surface area contributed by atoms with Crippen molar-refractivity contribution in [3.63, 3.8) is 0 Å². The average molecular weight is 578 g/mol. The Labute approximate surface area is 240 Å². The van der Waals surface area contributed by atoms with Crippen LogP contribution >= 0.6 is 0 Å². The summed E-state index contributed by atoms with van der Waals surface area (Å²) in [6.45, 7) is 13.6. The van der Waals surface area contributed by atoms with Gasteiger partial charge in [-0.05, 0) is 41.7 Å². The van der Waals surface area contributed by atoms with Gasteiger partial charge < -0.3 is 15.1 Å². The lowest BCUT2D eigenvalue weighted by Crippen LogP contribution is -2.49. The number of anilines is 2. The highest BCUT2D eigenvalue weighted by Crippen LogP contribution is 2.38. The average Bonchev–Trinajstić information content (AvgIpc) is 3.36. The molecule has 1 unspecified atom stereocenters. The van der Waals surface area contributed by atoms with E-state index in [-0.39, 0.29) is 36.4 Å². The Morgan fingerprint density at radius 3 is 2.24 bits per heavy atom. The minimum absolute atomic E-state index is 0. The Morgan fingerprint density at radius 2 is 1.68 bits per heavy atom. The molecule has 0 spiro atoms. The number of likely N-dealkylation sites (tertiary alicyclic amines) is 1. The van der Waals surface area contributed by atoms with E-state index in [4.69, 9.17) is 0 Å². The van der Waals surface area contributed by atoms with E-state index >= 15 is 0 Å². The van der Waals surface area contributed by atoms with Crippen LogP contribution in [0.2, 0.25) is 0 Å². The first-order valence-corrected chi connectivity index (χ1v) is 13.7. The van der Waals surface area contributed by atoms with Crippen molar-refractivity contribution in [1.82, 2.24) is 9.80 Å². The van der Waals surface area contributed by atoms with Gasteiger partial charge in [0.05, 0.1) is 4.92 Å². The zero-order valence-electron chi connectivity index (χ0n) is 23.5. The van der Waals surface area contributed by atoms with E-state index in [1.54, 1.807) is 4.90 Å². The van der Waals surface area contributed by atoms with Crippen molar-refractivity contribution in [3.8, 4) is 0 Å². The minimum Gasteiger partial charge on any atom is -0.380 e. The van der Waals surface area contributed by atoms with Gasteiger partial charge in [0.15, 0.2) is 0 Å². The number of nitrogens with zero attached hydrogens (tertiary/aromatic N) is 4. The molecule has 2 fully saturated rings. The van der Waals surface area contributed by atoms with Gasteiger partial charge >= 0.3 is 6.18 Å². The summed E-state index contributed by atoms with van der Waals surface area (Å²) in [6.07, 6.45) is -4.25. The Bertz CT molecular complexity index is 1210. The van der Waals surface area contributed by atoms with Crippen LogP contribution in [0, 0.1) is 16.0 Å². The van der Waals surface area contributed by atoms with Crippen LogP contribution in [0.4, 0.5) is 30.2 Å². The number of piperazine rings is 1. The molecule has 2 saturated heterocycles. The molecule has 226 valence electrons.